The molecule has 1 unspecified atom stereocenters. The Morgan fingerprint density at radius 1 is 1.31 bits per heavy atom. The summed E-state index contributed by atoms with van der Waals surface area (Å²) < 4.78 is 0. The molecule has 2 N–H and O–H groups in total. The molecule has 0 fully saturated rings. The third-order valence-electron chi connectivity index (χ3n) is 2.71. The predicted octanol–water partition coefficient (Wildman–Crippen LogP) is 3.23. The Labute approximate surface area is 96.5 Å². The van der Waals surface area contributed by atoms with Gasteiger partial charge < -0.3 is 10.4 Å². The van der Waals surface area contributed by atoms with Crippen LogP contribution < -0.4 is 5.32 Å². The van der Waals surface area contributed by atoms with Gasteiger partial charge >= 0.3 is 6.09 Å². The fraction of sp³-hybridized carbons (Fsp3) is 0.462. The second-order valence-electron chi connectivity index (χ2n) is 4.04. The molecule has 0 aliphatic carbocycles. The van der Waals surface area contributed by atoms with Crippen LogP contribution in [0.5, 0.6) is 0 Å². The Hall–Kier alpha value is -1.51. The molecule has 0 aromatic heterocycles. The molecule has 3 nitrogen and oxygen atoms in total. The normalized spacial score (nSPS) is 12.1. The van der Waals surface area contributed by atoms with Crippen LogP contribution in [0.4, 0.5) is 4.79 Å². The van der Waals surface area contributed by atoms with E-state index in [1.165, 1.54) is 5.56 Å². The van der Waals surface area contributed by atoms with Crippen molar-refractivity contribution in [1.29, 1.82) is 0 Å². The molecule has 0 aliphatic heterocycles. The molecular weight excluding hydrogens is 202 g/mol. The molecule has 0 bridgehead atoms. The molecule has 1 amide bonds. The van der Waals surface area contributed by atoms with E-state index in [0.29, 0.717) is 12.5 Å². The van der Waals surface area contributed by atoms with Crippen LogP contribution in [0.2, 0.25) is 0 Å². The van der Waals surface area contributed by atoms with Gasteiger partial charge in [-0.1, -0.05) is 43.7 Å². The molecular formula is C13H19NO2. The first kappa shape index (κ1) is 12.6. The fourth-order valence-electron chi connectivity index (χ4n) is 1.72. The van der Waals surface area contributed by atoms with Crippen LogP contribution in [0.3, 0.4) is 0 Å². The minimum Gasteiger partial charge on any atom is -0.465 e. The maximum Gasteiger partial charge on any atom is 0.404 e. The van der Waals surface area contributed by atoms with E-state index in [4.69, 9.17) is 5.11 Å². The number of nitrogens with one attached hydrogen (secondary N) is 1. The summed E-state index contributed by atoms with van der Waals surface area (Å²) in [6.45, 7) is 2.76. The lowest BCUT2D eigenvalue weighted by molar-refractivity contribution is 0.194. The minimum absolute atomic E-state index is 0.547. The second kappa shape index (κ2) is 6.88. The maximum atomic E-state index is 10.2. The van der Waals surface area contributed by atoms with Gasteiger partial charge in [0, 0.05) is 6.54 Å². The molecule has 0 spiro atoms. The predicted molar refractivity (Wildman–Crippen MR) is 64.7 cm³/mol. The zero-order valence-electron chi connectivity index (χ0n) is 9.65. The molecule has 1 aromatic carbocycles. The topological polar surface area (TPSA) is 49.3 Å². The number of hydrogen-bond donors (Lipinski definition) is 2. The van der Waals surface area contributed by atoms with E-state index in [1.807, 2.05) is 6.07 Å². The zero-order chi connectivity index (χ0) is 11.8. The molecule has 1 rings (SSSR count). The molecule has 88 valence electrons. The Morgan fingerprint density at radius 2 is 2.00 bits per heavy atom. The van der Waals surface area contributed by atoms with Crippen LogP contribution in [-0.2, 0) is 0 Å². The summed E-state index contributed by atoms with van der Waals surface area (Å²) in [6.07, 6.45) is 2.13. The van der Waals surface area contributed by atoms with Gasteiger partial charge in [-0.3, -0.25) is 0 Å². The van der Waals surface area contributed by atoms with E-state index in [0.717, 1.165) is 19.3 Å². The van der Waals surface area contributed by atoms with E-state index in [-0.39, 0.29) is 0 Å². The quantitative estimate of drug-likeness (QED) is 0.724. The summed E-state index contributed by atoms with van der Waals surface area (Å²) in [5.41, 5.74) is 1.36. The van der Waals surface area contributed by atoms with Crippen molar-refractivity contribution in [3.8, 4) is 0 Å². The Kier molecular flexibility index (Phi) is 5.40. The summed E-state index contributed by atoms with van der Waals surface area (Å²) in [4.78, 5) is 10.2. The van der Waals surface area contributed by atoms with Gasteiger partial charge in [-0.25, -0.2) is 4.79 Å². The van der Waals surface area contributed by atoms with E-state index in [2.05, 4.69) is 36.5 Å². The molecule has 0 saturated heterocycles. The number of hydrogen-bond acceptors (Lipinski definition) is 1. The van der Waals surface area contributed by atoms with Crippen molar-refractivity contribution in [1.82, 2.24) is 5.32 Å². The Morgan fingerprint density at radius 3 is 2.62 bits per heavy atom. The molecule has 0 heterocycles. The fourth-order valence-corrected chi connectivity index (χ4v) is 1.72. The SMILES string of the molecule is CC(CCCCNC(=O)O)c1ccccc1. The molecule has 3 heteroatoms. The lowest BCUT2D eigenvalue weighted by Crippen LogP contribution is -2.21. The lowest BCUT2D eigenvalue weighted by Gasteiger charge is -2.11. The average molecular weight is 221 g/mol. The monoisotopic (exact) mass is 221 g/mol. The lowest BCUT2D eigenvalue weighted by atomic mass is 9.95. The molecule has 16 heavy (non-hydrogen) atoms. The number of amides is 1. The van der Waals surface area contributed by atoms with Gasteiger partial charge in [0.25, 0.3) is 0 Å². The molecule has 1 atom stereocenters. The average Bonchev–Trinajstić information content (AvgIpc) is 2.29. The second-order valence-corrected chi connectivity index (χ2v) is 4.04. The van der Waals surface area contributed by atoms with Crippen LogP contribution in [0.15, 0.2) is 30.3 Å². The number of benzene rings is 1. The summed E-state index contributed by atoms with van der Waals surface area (Å²) in [5.74, 6) is 0.547. The Balaban J connectivity index is 2.16. The number of carbonyl (C=O) groups is 1. The standard InChI is InChI=1S/C13H19NO2/c1-11(12-8-3-2-4-9-12)7-5-6-10-14-13(15)16/h2-4,8-9,11,14H,5-7,10H2,1H3,(H,15,16). The molecule has 0 saturated carbocycles. The highest BCUT2D eigenvalue weighted by Gasteiger charge is 2.04. The summed E-state index contributed by atoms with van der Waals surface area (Å²) in [6, 6.07) is 10.4. The summed E-state index contributed by atoms with van der Waals surface area (Å²) in [7, 11) is 0. The molecule has 0 aliphatic rings. The smallest absolute Gasteiger partial charge is 0.404 e. The van der Waals surface area contributed by atoms with Crippen molar-refractivity contribution in [3.63, 3.8) is 0 Å². The minimum atomic E-state index is -0.934. The first-order valence-corrected chi connectivity index (χ1v) is 5.72. The number of carboxylic acid groups (broad SMARTS) is 1. The molecule has 1 aromatic rings. The van der Waals surface area contributed by atoms with E-state index >= 15 is 0 Å². The van der Waals surface area contributed by atoms with Crippen LogP contribution in [0.1, 0.15) is 37.7 Å². The van der Waals surface area contributed by atoms with Crippen molar-refractivity contribution in [2.24, 2.45) is 0 Å². The van der Waals surface area contributed by atoms with Gasteiger partial charge in [-0.15, -0.1) is 0 Å². The van der Waals surface area contributed by atoms with Crippen LogP contribution in [0.25, 0.3) is 0 Å². The van der Waals surface area contributed by atoms with Gasteiger partial charge in [0.15, 0.2) is 0 Å². The first-order valence-electron chi connectivity index (χ1n) is 5.72. The zero-order valence-corrected chi connectivity index (χ0v) is 9.65. The van der Waals surface area contributed by atoms with Gasteiger partial charge in [-0.05, 0) is 24.3 Å². The summed E-state index contributed by atoms with van der Waals surface area (Å²) in [5, 5.41) is 10.8. The van der Waals surface area contributed by atoms with Crippen molar-refractivity contribution in [2.75, 3.05) is 6.54 Å². The van der Waals surface area contributed by atoms with Crippen molar-refractivity contribution in [2.45, 2.75) is 32.1 Å². The van der Waals surface area contributed by atoms with Crippen molar-refractivity contribution in [3.05, 3.63) is 35.9 Å². The summed E-state index contributed by atoms with van der Waals surface area (Å²) >= 11 is 0. The van der Waals surface area contributed by atoms with E-state index < -0.39 is 6.09 Å². The first-order chi connectivity index (χ1) is 7.70. The highest BCUT2D eigenvalue weighted by Crippen LogP contribution is 2.20. The van der Waals surface area contributed by atoms with Crippen molar-refractivity contribution < 1.29 is 9.90 Å². The highest BCUT2D eigenvalue weighted by molar-refractivity contribution is 5.64. The van der Waals surface area contributed by atoms with Gasteiger partial charge in [0.1, 0.15) is 0 Å². The van der Waals surface area contributed by atoms with E-state index in [1.54, 1.807) is 0 Å². The largest absolute Gasteiger partial charge is 0.465 e. The van der Waals surface area contributed by atoms with Gasteiger partial charge in [-0.2, -0.15) is 0 Å². The molecule has 0 radical (unpaired) electrons. The van der Waals surface area contributed by atoms with Crippen LogP contribution in [-0.4, -0.2) is 17.7 Å². The van der Waals surface area contributed by atoms with Crippen LogP contribution >= 0.6 is 0 Å². The third-order valence-corrected chi connectivity index (χ3v) is 2.71. The van der Waals surface area contributed by atoms with Crippen molar-refractivity contribution >= 4 is 6.09 Å². The number of rotatable bonds is 6. The Bertz CT molecular complexity index is 311. The number of unbranched alkanes of at least 4 members (excludes halogenated alkanes) is 1. The van der Waals surface area contributed by atoms with Gasteiger partial charge in [0.2, 0.25) is 0 Å². The van der Waals surface area contributed by atoms with E-state index in [9.17, 15) is 4.79 Å². The van der Waals surface area contributed by atoms with Gasteiger partial charge in [0.05, 0.1) is 0 Å². The maximum absolute atomic E-state index is 10.2. The third kappa shape index (κ3) is 4.82. The highest BCUT2D eigenvalue weighted by atomic mass is 16.4. The van der Waals surface area contributed by atoms with Crippen LogP contribution in [0, 0.1) is 0 Å².